The van der Waals surface area contributed by atoms with Crippen LogP contribution >= 0.6 is 0 Å². The molecule has 0 spiro atoms. The normalized spacial score (nSPS) is 33.0. The maximum absolute atomic E-state index is 13.7. The molecule has 280 valence electrons. The summed E-state index contributed by atoms with van der Waals surface area (Å²) in [4.78, 5) is 43.5. The Morgan fingerprint density at radius 2 is 1.89 bits per heavy atom. The molecule has 4 fully saturated rings. The molecule has 4 heterocycles. The summed E-state index contributed by atoms with van der Waals surface area (Å²) in [5.74, 6) is 0.475. The van der Waals surface area contributed by atoms with Crippen molar-refractivity contribution < 1.29 is 19.4 Å². The number of rotatable bonds is 8. The molecule has 0 amide bonds. The van der Waals surface area contributed by atoms with Crippen LogP contribution in [0.2, 0.25) is 0 Å². The number of aromatic nitrogens is 7. The van der Waals surface area contributed by atoms with Crippen molar-refractivity contribution in [2.75, 3.05) is 31.1 Å². The number of piperazine rings is 1. The molecule has 3 saturated carbocycles. The number of esters is 1. The fraction of sp³-hybridized carbons (Fsp3) is 0.575. The molecule has 13 heteroatoms. The molecule has 4 aromatic rings. The number of hydrogen-bond donors (Lipinski definition) is 2. The van der Waals surface area contributed by atoms with Gasteiger partial charge in [0.15, 0.2) is 17.0 Å². The quantitative estimate of drug-likeness (QED) is 0.196. The van der Waals surface area contributed by atoms with E-state index in [1.807, 2.05) is 48.2 Å². The van der Waals surface area contributed by atoms with Crippen LogP contribution in [-0.2, 0) is 27.4 Å². The standard InChI is InChI=1S/C40H51N9O4/c1-6-38(4)19-31(39(5)25(2)11-13-40(26(3)35(38)52)14-12-30(50)34(39)40)53-32(51)22-49-21-29(45-46-49)28-9-7-27(8-10-28)20-48-24-44-33-36(42-23-43-37(33)48)47-17-15-41-16-18-47/h6-10,21,23-26,31,34-35,41,52H,1,11-20,22H2,2-5H3/t25-,26+,31-,34+,35+,38-,39+,40+/m1/s1. The van der Waals surface area contributed by atoms with Gasteiger partial charge >= 0.3 is 5.97 Å². The lowest BCUT2D eigenvalue weighted by Crippen LogP contribution is -2.63. The van der Waals surface area contributed by atoms with Crippen molar-refractivity contribution in [2.45, 2.75) is 85.1 Å². The van der Waals surface area contributed by atoms with E-state index in [-0.39, 0.29) is 35.5 Å². The number of ketones is 1. The zero-order valence-corrected chi connectivity index (χ0v) is 31.2. The van der Waals surface area contributed by atoms with E-state index in [4.69, 9.17) is 4.74 Å². The van der Waals surface area contributed by atoms with Gasteiger partial charge in [-0.1, -0.05) is 63.2 Å². The third-order valence-electron chi connectivity index (χ3n) is 13.8. The molecule has 8 rings (SSSR count). The topological polar surface area (TPSA) is 153 Å². The summed E-state index contributed by atoms with van der Waals surface area (Å²) < 4.78 is 9.95. The SMILES string of the molecule is C=C[C@]1(C)C[C@@H](OC(=O)Cn2cc(-c3ccc(Cn4cnc5c(N6CCNCC6)ncnc54)cc3)nn2)[C@]2(C)[C@H](C)CC[C@]3(CCC(=O)[C@H]32)[C@@H](C)[C@@H]1O. The van der Waals surface area contributed by atoms with Gasteiger partial charge in [-0.05, 0) is 48.5 Å². The van der Waals surface area contributed by atoms with Gasteiger partial charge in [0.25, 0.3) is 0 Å². The molecule has 2 bridgehead atoms. The van der Waals surface area contributed by atoms with Gasteiger partial charge in [0.1, 0.15) is 30.5 Å². The van der Waals surface area contributed by atoms with Gasteiger partial charge < -0.3 is 24.6 Å². The summed E-state index contributed by atoms with van der Waals surface area (Å²) in [6.45, 7) is 16.6. The first kappa shape index (κ1) is 35.5. The van der Waals surface area contributed by atoms with E-state index < -0.39 is 29.0 Å². The third kappa shape index (κ3) is 5.87. The molecule has 1 saturated heterocycles. The zero-order chi connectivity index (χ0) is 37.1. The number of aliphatic hydroxyl groups is 1. The van der Waals surface area contributed by atoms with Crippen LogP contribution in [0.1, 0.15) is 65.4 Å². The van der Waals surface area contributed by atoms with E-state index in [1.54, 1.807) is 12.5 Å². The summed E-state index contributed by atoms with van der Waals surface area (Å²) in [5, 5.41) is 23.8. The molecule has 2 N–H and O–H groups in total. The number of anilines is 1. The summed E-state index contributed by atoms with van der Waals surface area (Å²) in [7, 11) is 0. The molecule has 4 aliphatic rings. The first-order valence-corrected chi connectivity index (χ1v) is 19.1. The number of ether oxygens (including phenoxy) is 1. The number of imidazole rings is 1. The van der Waals surface area contributed by atoms with Crippen LogP contribution < -0.4 is 10.2 Å². The number of Topliss-reactive ketones (excluding diaryl/α,β-unsaturated/α-hetero) is 1. The highest BCUT2D eigenvalue weighted by molar-refractivity contribution is 5.86. The number of carbonyl (C=O) groups is 2. The van der Waals surface area contributed by atoms with E-state index in [2.05, 4.69) is 62.8 Å². The number of carbonyl (C=O) groups excluding carboxylic acids is 2. The number of nitrogens with zero attached hydrogens (tertiary/aromatic N) is 8. The molecule has 0 radical (unpaired) electrons. The lowest BCUT2D eigenvalue weighted by Gasteiger charge is -2.61. The van der Waals surface area contributed by atoms with Crippen LogP contribution in [0.5, 0.6) is 0 Å². The largest absolute Gasteiger partial charge is 0.460 e. The van der Waals surface area contributed by atoms with Crippen molar-refractivity contribution in [2.24, 2.45) is 34.0 Å². The molecule has 3 aliphatic carbocycles. The Balaban J connectivity index is 0.972. The van der Waals surface area contributed by atoms with Crippen molar-refractivity contribution in [3.05, 3.63) is 61.3 Å². The molecular formula is C40H51N9O4. The van der Waals surface area contributed by atoms with E-state index in [1.165, 1.54) is 4.68 Å². The smallest absolute Gasteiger partial charge is 0.328 e. The molecule has 13 nitrogen and oxygen atoms in total. The van der Waals surface area contributed by atoms with Crippen LogP contribution in [0.25, 0.3) is 22.4 Å². The van der Waals surface area contributed by atoms with E-state index in [9.17, 15) is 14.7 Å². The lowest BCUT2D eigenvalue weighted by atomic mass is 9.44. The number of aliphatic hydroxyl groups excluding tert-OH is 1. The molecule has 53 heavy (non-hydrogen) atoms. The van der Waals surface area contributed by atoms with E-state index in [0.717, 1.165) is 73.6 Å². The van der Waals surface area contributed by atoms with Gasteiger partial charge in [-0.15, -0.1) is 11.7 Å². The Morgan fingerprint density at radius 1 is 1.11 bits per heavy atom. The van der Waals surface area contributed by atoms with E-state index >= 15 is 0 Å². The minimum absolute atomic E-state index is 0.0796. The van der Waals surface area contributed by atoms with Crippen LogP contribution in [-0.4, -0.2) is 89.8 Å². The second-order valence-electron chi connectivity index (χ2n) is 16.5. The minimum atomic E-state index is -0.708. The lowest BCUT2D eigenvalue weighted by molar-refractivity contribution is -0.207. The monoisotopic (exact) mass is 721 g/mol. The number of hydrogen-bond acceptors (Lipinski definition) is 11. The third-order valence-corrected chi connectivity index (χ3v) is 13.8. The second-order valence-corrected chi connectivity index (χ2v) is 16.5. The fourth-order valence-electron chi connectivity index (χ4n) is 10.4. The zero-order valence-electron chi connectivity index (χ0n) is 31.2. The number of nitrogens with one attached hydrogen (secondary N) is 1. The highest BCUT2D eigenvalue weighted by Crippen LogP contribution is 2.68. The summed E-state index contributed by atoms with van der Waals surface area (Å²) in [6.07, 6.45) is 9.19. The summed E-state index contributed by atoms with van der Waals surface area (Å²) in [5.41, 5.74) is 2.61. The average molecular weight is 722 g/mol. The first-order chi connectivity index (χ1) is 25.5. The van der Waals surface area contributed by atoms with Gasteiger partial charge in [-0.3, -0.25) is 9.59 Å². The van der Waals surface area contributed by atoms with Crippen LogP contribution in [0, 0.1) is 34.0 Å². The Kier molecular flexibility index (Phi) is 9.00. The highest BCUT2D eigenvalue weighted by Gasteiger charge is 2.68. The Hall–Kier alpha value is -4.49. The van der Waals surface area contributed by atoms with Crippen LogP contribution in [0.15, 0.2) is 55.8 Å². The summed E-state index contributed by atoms with van der Waals surface area (Å²) in [6, 6.07) is 8.08. The first-order valence-electron chi connectivity index (χ1n) is 19.1. The van der Waals surface area contributed by atoms with Gasteiger partial charge in [-0.2, -0.15) is 0 Å². The predicted molar refractivity (Wildman–Crippen MR) is 200 cm³/mol. The molecule has 8 atom stereocenters. The van der Waals surface area contributed by atoms with E-state index in [0.29, 0.717) is 25.1 Å². The maximum atomic E-state index is 13.7. The Morgan fingerprint density at radius 3 is 2.64 bits per heavy atom. The van der Waals surface area contributed by atoms with Crippen molar-refractivity contribution in [3.8, 4) is 11.3 Å². The predicted octanol–water partition coefficient (Wildman–Crippen LogP) is 4.45. The van der Waals surface area contributed by atoms with Crippen molar-refractivity contribution in [1.29, 1.82) is 0 Å². The fourth-order valence-corrected chi connectivity index (χ4v) is 10.4. The van der Waals surface area contributed by atoms with Gasteiger partial charge in [0.05, 0.1) is 25.2 Å². The van der Waals surface area contributed by atoms with Crippen molar-refractivity contribution in [3.63, 3.8) is 0 Å². The Labute approximate surface area is 310 Å². The van der Waals surface area contributed by atoms with Crippen molar-refractivity contribution in [1.82, 2.24) is 39.8 Å². The number of fused-ring (bicyclic) bond motifs is 1. The van der Waals surface area contributed by atoms with Gasteiger partial charge in [-0.25, -0.2) is 19.6 Å². The molecular weight excluding hydrogens is 670 g/mol. The Bertz CT molecular complexity index is 2020. The van der Waals surface area contributed by atoms with Gasteiger partial charge in [0.2, 0.25) is 0 Å². The maximum Gasteiger partial charge on any atom is 0.328 e. The van der Waals surface area contributed by atoms with Crippen LogP contribution in [0.4, 0.5) is 5.82 Å². The average Bonchev–Trinajstić information content (AvgIpc) is 3.90. The molecule has 0 unspecified atom stereocenters. The minimum Gasteiger partial charge on any atom is -0.460 e. The van der Waals surface area contributed by atoms with Gasteiger partial charge in [0, 0.05) is 54.9 Å². The highest BCUT2D eigenvalue weighted by atomic mass is 16.5. The van der Waals surface area contributed by atoms with Crippen LogP contribution in [0.3, 0.4) is 0 Å². The van der Waals surface area contributed by atoms with Crippen molar-refractivity contribution >= 4 is 28.7 Å². The summed E-state index contributed by atoms with van der Waals surface area (Å²) >= 11 is 0. The molecule has 1 aromatic carbocycles. The number of benzene rings is 1. The molecule has 1 aliphatic heterocycles. The second kappa shape index (κ2) is 13.4. The molecule has 3 aromatic heterocycles.